The van der Waals surface area contributed by atoms with Crippen molar-refractivity contribution in [2.75, 3.05) is 11.1 Å². The lowest BCUT2D eigenvalue weighted by molar-refractivity contribution is -0.115. The number of thioether (sulfide) groups is 1. The smallest absolute Gasteiger partial charge is 0.227 e. The molecule has 4 heteroatoms. The second-order valence-corrected chi connectivity index (χ2v) is 6.60. The molecule has 1 aromatic carbocycles. The van der Waals surface area contributed by atoms with Crippen LogP contribution in [0.3, 0.4) is 0 Å². The van der Waals surface area contributed by atoms with E-state index in [0.29, 0.717) is 11.8 Å². The van der Waals surface area contributed by atoms with E-state index in [1.807, 2.05) is 18.2 Å². The average Bonchev–Trinajstić information content (AvgIpc) is 2.47. The number of amides is 1. The van der Waals surface area contributed by atoms with E-state index in [-0.39, 0.29) is 5.91 Å². The number of hydrogen-bond donors (Lipinski definition) is 2. The van der Waals surface area contributed by atoms with Gasteiger partial charge in [-0.2, -0.15) is 0 Å². The highest BCUT2D eigenvalue weighted by molar-refractivity contribution is 8.00. The Hall–Kier alpha value is -1.16. The molecule has 3 nitrogen and oxygen atoms in total. The second-order valence-electron chi connectivity index (χ2n) is 5.58. The van der Waals surface area contributed by atoms with E-state index in [1.54, 1.807) is 0 Å². The molecule has 0 bridgehead atoms. The zero-order valence-corrected chi connectivity index (χ0v) is 12.9. The summed E-state index contributed by atoms with van der Waals surface area (Å²) in [6, 6.07) is 8.64. The molecular formula is C16H24N2OS. The Morgan fingerprint density at radius 3 is 2.75 bits per heavy atom. The Bertz CT molecular complexity index is 444. The number of hydrogen-bond acceptors (Lipinski definition) is 3. The second kappa shape index (κ2) is 7.58. The van der Waals surface area contributed by atoms with Crippen molar-refractivity contribution in [3.8, 4) is 0 Å². The number of carbonyl (C=O) groups excluding carboxylic acids is 1. The van der Waals surface area contributed by atoms with Crippen molar-refractivity contribution in [3.63, 3.8) is 0 Å². The molecule has 0 radical (unpaired) electrons. The van der Waals surface area contributed by atoms with Gasteiger partial charge in [0.2, 0.25) is 5.91 Å². The van der Waals surface area contributed by atoms with Gasteiger partial charge in [-0.1, -0.05) is 31.4 Å². The normalized spacial score (nSPS) is 17.6. The minimum atomic E-state index is -0.273. The minimum Gasteiger partial charge on any atom is -0.381 e. The predicted octanol–water partition coefficient (Wildman–Crippen LogP) is 3.64. The van der Waals surface area contributed by atoms with Crippen molar-refractivity contribution >= 4 is 23.4 Å². The summed E-state index contributed by atoms with van der Waals surface area (Å²) in [5.74, 6) is 0.819. The lowest BCUT2D eigenvalue weighted by Gasteiger charge is -2.29. The van der Waals surface area contributed by atoms with Gasteiger partial charge in [-0.3, -0.25) is 4.79 Å². The predicted molar refractivity (Wildman–Crippen MR) is 86.0 cm³/mol. The van der Waals surface area contributed by atoms with Gasteiger partial charge in [-0.25, -0.2) is 0 Å². The molecular weight excluding hydrogens is 268 g/mol. The van der Waals surface area contributed by atoms with Crippen molar-refractivity contribution in [1.29, 1.82) is 0 Å². The van der Waals surface area contributed by atoms with E-state index < -0.39 is 0 Å². The number of benzene rings is 1. The first-order chi connectivity index (χ1) is 9.66. The monoisotopic (exact) mass is 292 g/mol. The number of nitrogens with two attached hydrogens (primary N) is 1. The zero-order chi connectivity index (χ0) is 14.4. The lowest BCUT2D eigenvalue weighted by Crippen LogP contribution is -2.27. The third-order valence-corrected chi connectivity index (χ3v) is 5.09. The van der Waals surface area contributed by atoms with Gasteiger partial charge in [0.05, 0.1) is 5.75 Å². The molecule has 1 atom stereocenters. The van der Waals surface area contributed by atoms with Crippen LogP contribution in [0.15, 0.2) is 29.2 Å². The van der Waals surface area contributed by atoms with E-state index in [2.05, 4.69) is 18.3 Å². The fourth-order valence-corrected chi connectivity index (χ4v) is 3.61. The van der Waals surface area contributed by atoms with Crippen molar-refractivity contribution < 1.29 is 4.79 Å². The number of rotatable bonds is 6. The first-order valence-electron chi connectivity index (χ1n) is 7.43. The van der Waals surface area contributed by atoms with E-state index in [4.69, 9.17) is 5.73 Å². The number of anilines is 1. The molecule has 110 valence electrons. The molecule has 1 fully saturated rings. The maximum Gasteiger partial charge on any atom is 0.227 e. The first-order valence-corrected chi connectivity index (χ1v) is 8.42. The summed E-state index contributed by atoms with van der Waals surface area (Å²) >= 11 is 1.51. The Kier molecular flexibility index (Phi) is 5.77. The van der Waals surface area contributed by atoms with Gasteiger partial charge in [0.15, 0.2) is 0 Å². The van der Waals surface area contributed by atoms with Crippen molar-refractivity contribution in [2.24, 2.45) is 11.7 Å². The third kappa shape index (κ3) is 4.44. The summed E-state index contributed by atoms with van der Waals surface area (Å²) < 4.78 is 0. The lowest BCUT2D eigenvalue weighted by atomic mass is 9.84. The van der Waals surface area contributed by atoms with Gasteiger partial charge in [0.1, 0.15) is 0 Å². The summed E-state index contributed by atoms with van der Waals surface area (Å²) in [6.45, 7) is 2.27. The SMILES string of the molecule is CC(Nc1ccccc1SCC(N)=O)C1CCCCC1. The van der Waals surface area contributed by atoms with Crippen LogP contribution in [-0.2, 0) is 4.79 Å². The van der Waals surface area contributed by atoms with Crippen LogP contribution in [0.1, 0.15) is 39.0 Å². The molecule has 0 aliphatic heterocycles. The Morgan fingerprint density at radius 2 is 2.05 bits per heavy atom. The van der Waals surface area contributed by atoms with Gasteiger partial charge in [-0.05, 0) is 37.8 Å². The molecule has 0 spiro atoms. The molecule has 3 N–H and O–H groups in total. The highest BCUT2D eigenvalue weighted by atomic mass is 32.2. The van der Waals surface area contributed by atoms with Crippen LogP contribution in [0.25, 0.3) is 0 Å². The molecule has 2 rings (SSSR count). The first kappa shape index (κ1) is 15.2. The number of nitrogens with one attached hydrogen (secondary N) is 1. The molecule has 20 heavy (non-hydrogen) atoms. The third-order valence-electron chi connectivity index (χ3n) is 4.00. The van der Waals surface area contributed by atoms with Gasteiger partial charge < -0.3 is 11.1 Å². The summed E-state index contributed by atoms with van der Waals surface area (Å²) in [5.41, 5.74) is 6.35. The Balaban J connectivity index is 1.98. The topological polar surface area (TPSA) is 55.1 Å². The fourth-order valence-electron chi connectivity index (χ4n) is 2.86. The molecule has 0 saturated heterocycles. The Morgan fingerprint density at radius 1 is 1.35 bits per heavy atom. The van der Waals surface area contributed by atoms with E-state index in [9.17, 15) is 4.79 Å². The van der Waals surface area contributed by atoms with Crippen LogP contribution in [0.5, 0.6) is 0 Å². The molecule has 1 unspecified atom stereocenters. The van der Waals surface area contributed by atoms with Gasteiger partial charge in [0, 0.05) is 16.6 Å². The maximum atomic E-state index is 10.9. The number of para-hydroxylation sites is 1. The average molecular weight is 292 g/mol. The number of primary amides is 1. The van der Waals surface area contributed by atoms with Crippen LogP contribution in [0.4, 0.5) is 5.69 Å². The maximum absolute atomic E-state index is 10.9. The van der Waals surface area contributed by atoms with Crippen molar-refractivity contribution in [2.45, 2.75) is 50.0 Å². The highest BCUT2D eigenvalue weighted by Crippen LogP contribution is 2.31. The quantitative estimate of drug-likeness (QED) is 0.787. The van der Waals surface area contributed by atoms with Crippen LogP contribution < -0.4 is 11.1 Å². The van der Waals surface area contributed by atoms with Crippen LogP contribution in [0.2, 0.25) is 0 Å². The molecule has 1 aliphatic carbocycles. The van der Waals surface area contributed by atoms with Gasteiger partial charge in [0.25, 0.3) is 0 Å². The van der Waals surface area contributed by atoms with Crippen LogP contribution >= 0.6 is 11.8 Å². The van der Waals surface area contributed by atoms with Crippen LogP contribution in [-0.4, -0.2) is 17.7 Å². The largest absolute Gasteiger partial charge is 0.381 e. The van der Waals surface area contributed by atoms with E-state index in [1.165, 1.54) is 43.9 Å². The summed E-state index contributed by atoms with van der Waals surface area (Å²) in [4.78, 5) is 12.0. The summed E-state index contributed by atoms with van der Waals surface area (Å²) in [6.07, 6.45) is 6.74. The highest BCUT2D eigenvalue weighted by Gasteiger charge is 2.20. The minimum absolute atomic E-state index is 0.273. The van der Waals surface area contributed by atoms with E-state index >= 15 is 0 Å². The summed E-state index contributed by atoms with van der Waals surface area (Å²) in [7, 11) is 0. The van der Waals surface area contributed by atoms with Crippen LogP contribution in [0, 0.1) is 5.92 Å². The standard InChI is InChI=1S/C16H24N2OS/c1-12(13-7-3-2-4-8-13)18-14-9-5-6-10-15(14)20-11-16(17)19/h5-6,9-10,12-13,18H,2-4,7-8,11H2,1H3,(H2,17,19). The van der Waals surface area contributed by atoms with Crippen molar-refractivity contribution in [1.82, 2.24) is 0 Å². The van der Waals surface area contributed by atoms with Gasteiger partial charge >= 0.3 is 0 Å². The molecule has 1 aliphatic rings. The fraction of sp³-hybridized carbons (Fsp3) is 0.562. The molecule has 0 aromatic heterocycles. The summed E-state index contributed by atoms with van der Waals surface area (Å²) in [5, 5.41) is 3.63. The molecule has 0 heterocycles. The molecule has 1 amide bonds. The van der Waals surface area contributed by atoms with Gasteiger partial charge in [-0.15, -0.1) is 11.8 Å². The Labute approximate surface area is 125 Å². The number of carbonyl (C=O) groups is 1. The van der Waals surface area contributed by atoms with E-state index in [0.717, 1.165) is 16.5 Å². The molecule has 1 aromatic rings. The molecule has 1 saturated carbocycles. The zero-order valence-electron chi connectivity index (χ0n) is 12.1. The van der Waals surface area contributed by atoms with Crippen molar-refractivity contribution in [3.05, 3.63) is 24.3 Å².